The summed E-state index contributed by atoms with van der Waals surface area (Å²) in [4.78, 5) is 20.8. The van der Waals surface area contributed by atoms with E-state index in [2.05, 4.69) is 0 Å². The van der Waals surface area contributed by atoms with Gasteiger partial charge in [-0.15, -0.1) is 11.3 Å². The summed E-state index contributed by atoms with van der Waals surface area (Å²) in [6.45, 7) is 2.02. The lowest BCUT2D eigenvalue weighted by atomic mass is 10.1. The molecule has 0 fully saturated rings. The Bertz CT molecular complexity index is 1070. The topological polar surface area (TPSA) is 33.2 Å². The van der Waals surface area contributed by atoms with Crippen LogP contribution in [0.4, 0.5) is 10.8 Å². The lowest BCUT2D eigenvalue weighted by molar-refractivity contribution is -0.117. The van der Waals surface area contributed by atoms with Crippen molar-refractivity contribution in [1.29, 1.82) is 0 Å². The number of amides is 1. The number of fused-ring (bicyclic) bond motifs is 1. The fraction of sp³-hybridized carbons (Fsp3) is 0.143. The minimum atomic E-state index is 0.0351. The van der Waals surface area contributed by atoms with Crippen molar-refractivity contribution in [1.82, 2.24) is 4.98 Å². The molecule has 0 atom stereocenters. The Kier molecular flexibility index (Phi) is 5.25. The van der Waals surface area contributed by atoms with Crippen molar-refractivity contribution in [2.75, 3.05) is 4.90 Å². The van der Waals surface area contributed by atoms with Gasteiger partial charge in [-0.1, -0.05) is 53.3 Å². The van der Waals surface area contributed by atoms with Gasteiger partial charge < -0.3 is 0 Å². The Hall–Kier alpha value is -2.21. The van der Waals surface area contributed by atoms with Gasteiger partial charge in [0.2, 0.25) is 5.91 Å². The number of carbonyl (C=O) groups is 1. The molecule has 0 aliphatic rings. The van der Waals surface area contributed by atoms with E-state index >= 15 is 0 Å². The molecule has 4 aromatic rings. The fourth-order valence-corrected chi connectivity index (χ4v) is 5.03. The van der Waals surface area contributed by atoms with Gasteiger partial charge in [-0.05, 0) is 49.2 Å². The van der Waals surface area contributed by atoms with Gasteiger partial charge in [-0.3, -0.25) is 9.69 Å². The number of carbonyl (C=O) groups excluding carboxylic acids is 1. The summed E-state index contributed by atoms with van der Waals surface area (Å²) in [5, 5.41) is 0.708. The number of halogens is 1. The number of nitrogens with zero attached hydrogens (tertiary/aromatic N) is 2. The fourth-order valence-electron chi connectivity index (χ4n) is 2.94. The molecule has 6 heteroatoms. The number of anilines is 2. The highest BCUT2D eigenvalue weighted by Gasteiger charge is 2.23. The van der Waals surface area contributed by atoms with Gasteiger partial charge in [-0.25, -0.2) is 4.98 Å². The lowest BCUT2D eigenvalue weighted by Gasteiger charge is -2.21. The molecule has 0 saturated carbocycles. The smallest absolute Gasteiger partial charge is 0.233 e. The second-order valence-electron chi connectivity index (χ2n) is 6.19. The quantitative estimate of drug-likeness (QED) is 0.369. The summed E-state index contributed by atoms with van der Waals surface area (Å²) >= 11 is 9.07. The zero-order chi connectivity index (χ0) is 18.8. The molecule has 0 bridgehead atoms. The van der Waals surface area contributed by atoms with E-state index in [1.807, 2.05) is 67.6 Å². The average Bonchev–Trinajstić information content (AvgIpc) is 3.27. The molecule has 2 aromatic heterocycles. The van der Waals surface area contributed by atoms with Crippen molar-refractivity contribution in [2.45, 2.75) is 19.8 Å². The van der Waals surface area contributed by atoms with Crippen LogP contribution in [0.1, 0.15) is 16.9 Å². The van der Waals surface area contributed by atoms with Crippen LogP contribution in [0.2, 0.25) is 4.34 Å². The van der Waals surface area contributed by atoms with Crippen LogP contribution in [0.5, 0.6) is 0 Å². The van der Waals surface area contributed by atoms with Gasteiger partial charge >= 0.3 is 0 Å². The molecule has 0 N–H and O–H groups in total. The van der Waals surface area contributed by atoms with Crippen molar-refractivity contribution in [3.63, 3.8) is 0 Å². The first-order valence-electron chi connectivity index (χ1n) is 8.60. The third-order valence-corrected chi connectivity index (χ3v) is 6.61. The maximum Gasteiger partial charge on any atom is 0.233 e. The predicted octanol–water partition coefficient (Wildman–Crippen LogP) is 6.62. The summed E-state index contributed by atoms with van der Waals surface area (Å²) in [6.07, 6.45) is 1.07. The molecule has 2 heterocycles. The second-order valence-corrected chi connectivity index (χ2v) is 8.99. The second kappa shape index (κ2) is 7.80. The zero-order valence-electron chi connectivity index (χ0n) is 14.7. The summed E-state index contributed by atoms with van der Waals surface area (Å²) in [5.74, 6) is 0.0351. The normalized spacial score (nSPS) is 11.0. The van der Waals surface area contributed by atoms with Crippen LogP contribution in [-0.4, -0.2) is 10.9 Å². The third-order valence-electron chi connectivity index (χ3n) is 4.29. The molecule has 0 radical (unpaired) electrons. The largest absolute Gasteiger partial charge is 0.274 e. The molecule has 0 aliphatic carbocycles. The number of rotatable bonds is 5. The lowest BCUT2D eigenvalue weighted by Crippen LogP contribution is -2.26. The van der Waals surface area contributed by atoms with Gasteiger partial charge in [0.1, 0.15) is 0 Å². The molecular formula is C21H17ClN2OS2. The molecule has 27 heavy (non-hydrogen) atoms. The van der Waals surface area contributed by atoms with Crippen LogP contribution >= 0.6 is 34.3 Å². The van der Waals surface area contributed by atoms with Gasteiger partial charge in [0.25, 0.3) is 0 Å². The van der Waals surface area contributed by atoms with Crippen molar-refractivity contribution in [3.8, 4) is 0 Å². The summed E-state index contributed by atoms with van der Waals surface area (Å²) in [5.41, 5.74) is 2.84. The van der Waals surface area contributed by atoms with E-state index in [9.17, 15) is 4.79 Å². The number of hydrogen-bond donors (Lipinski definition) is 0. The first kappa shape index (κ1) is 18.2. The Balaban J connectivity index is 1.69. The first-order chi connectivity index (χ1) is 13.1. The Morgan fingerprint density at radius 3 is 2.56 bits per heavy atom. The van der Waals surface area contributed by atoms with Gasteiger partial charge in [0.05, 0.1) is 20.2 Å². The molecule has 3 nitrogen and oxygen atoms in total. The molecule has 4 rings (SSSR count). The average molecular weight is 413 g/mol. The number of thiazole rings is 1. The molecule has 0 aliphatic heterocycles. The van der Waals surface area contributed by atoms with Gasteiger partial charge in [0, 0.05) is 11.3 Å². The molecular weight excluding hydrogens is 396 g/mol. The van der Waals surface area contributed by atoms with Crippen molar-refractivity contribution < 1.29 is 4.79 Å². The van der Waals surface area contributed by atoms with Crippen LogP contribution in [-0.2, 0) is 11.2 Å². The standard InChI is InChI=1S/C21H17ClN2OS2/c1-14-6-2-4-8-17(14)24(20(25)13-11-15-10-12-19(22)26-15)21-23-16-7-3-5-9-18(16)27-21/h2-10,12H,11,13H2,1H3. The Labute approximate surface area is 170 Å². The third kappa shape index (κ3) is 3.90. The van der Waals surface area contributed by atoms with Crippen LogP contribution in [0.3, 0.4) is 0 Å². The highest BCUT2D eigenvalue weighted by Crippen LogP contribution is 2.35. The zero-order valence-corrected chi connectivity index (χ0v) is 17.1. The first-order valence-corrected chi connectivity index (χ1v) is 10.6. The summed E-state index contributed by atoms with van der Waals surface area (Å²) < 4.78 is 1.82. The Morgan fingerprint density at radius 1 is 1.04 bits per heavy atom. The summed E-state index contributed by atoms with van der Waals surface area (Å²) in [6, 6.07) is 19.7. The van der Waals surface area contributed by atoms with Crippen molar-refractivity contribution >= 4 is 61.2 Å². The Morgan fingerprint density at radius 2 is 1.81 bits per heavy atom. The predicted molar refractivity (Wildman–Crippen MR) is 116 cm³/mol. The van der Waals surface area contributed by atoms with E-state index in [0.717, 1.165) is 30.7 Å². The molecule has 0 spiro atoms. The van der Waals surface area contributed by atoms with Crippen molar-refractivity contribution in [3.05, 3.63) is 75.4 Å². The van der Waals surface area contributed by atoms with E-state index in [1.54, 1.807) is 4.90 Å². The molecule has 0 saturated heterocycles. The number of thiophene rings is 1. The highest BCUT2D eigenvalue weighted by atomic mass is 35.5. The van der Waals surface area contributed by atoms with Crippen LogP contribution in [0.15, 0.2) is 60.7 Å². The monoisotopic (exact) mass is 412 g/mol. The van der Waals surface area contributed by atoms with Crippen LogP contribution in [0, 0.1) is 6.92 Å². The molecule has 0 unspecified atom stereocenters. The highest BCUT2D eigenvalue weighted by molar-refractivity contribution is 7.22. The van der Waals surface area contributed by atoms with Gasteiger partial charge in [-0.2, -0.15) is 0 Å². The number of benzene rings is 2. The maximum absolute atomic E-state index is 13.2. The summed E-state index contributed by atoms with van der Waals surface area (Å²) in [7, 11) is 0. The number of hydrogen-bond acceptors (Lipinski definition) is 4. The van der Waals surface area contributed by atoms with E-state index in [4.69, 9.17) is 16.6 Å². The van der Waals surface area contributed by atoms with Crippen LogP contribution < -0.4 is 4.90 Å². The minimum Gasteiger partial charge on any atom is -0.274 e. The maximum atomic E-state index is 13.2. The molecule has 1 amide bonds. The van der Waals surface area contributed by atoms with E-state index < -0.39 is 0 Å². The minimum absolute atomic E-state index is 0.0351. The molecule has 136 valence electrons. The molecule has 2 aromatic carbocycles. The number of aryl methyl sites for hydroxylation is 2. The van der Waals surface area contributed by atoms with Crippen LogP contribution in [0.25, 0.3) is 10.2 Å². The van der Waals surface area contributed by atoms with E-state index in [-0.39, 0.29) is 5.91 Å². The van der Waals surface area contributed by atoms with Crippen molar-refractivity contribution in [2.24, 2.45) is 0 Å². The van der Waals surface area contributed by atoms with E-state index in [1.165, 1.54) is 22.7 Å². The number of aromatic nitrogens is 1. The van der Waals surface area contributed by atoms with Gasteiger partial charge in [0.15, 0.2) is 5.13 Å². The van der Waals surface area contributed by atoms with E-state index in [0.29, 0.717) is 18.0 Å². The SMILES string of the molecule is Cc1ccccc1N(C(=O)CCc1ccc(Cl)s1)c1nc2ccccc2s1. The number of para-hydroxylation sites is 2.